The highest BCUT2D eigenvalue weighted by atomic mass is 35.5. The zero-order chi connectivity index (χ0) is 22.0. The van der Waals surface area contributed by atoms with Gasteiger partial charge >= 0.3 is 0 Å². The summed E-state index contributed by atoms with van der Waals surface area (Å²) >= 11 is 6.53. The molecule has 0 aliphatic carbocycles. The molecule has 0 spiro atoms. The number of rotatable bonds is 6. The van der Waals surface area contributed by atoms with Gasteiger partial charge in [0, 0.05) is 5.56 Å². The molecule has 0 saturated heterocycles. The molecule has 0 radical (unpaired) electrons. The van der Waals surface area contributed by atoms with Crippen LogP contribution in [0.3, 0.4) is 0 Å². The van der Waals surface area contributed by atoms with E-state index in [2.05, 4.69) is 9.71 Å². The minimum Gasteiger partial charge on any atom is -0.490 e. The van der Waals surface area contributed by atoms with E-state index in [1.807, 2.05) is 38.1 Å². The van der Waals surface area contributed by atoms with Crippen molar-refractivity contribution in [2.75, 3.05) is 11.9 Å². The third kappa shape index (κ3) is 4.38. The highest BCUT2D eigenvalue weighted by Crippen LogP contribution is 2.38. The van der Waals surface area contributed by atoms with E-state index in [-0.39, 0.29) is 10.7 Å². The molecule has 0 saturated carbocycles. The number of hydrogen-bond donors (Lipinski definition) is 1. The molecule has 31 heavy (non-hydrogen) atoms. The lowest BCUT2D eigenvalue weighted by atomic mass is 10.1. The van der Waals surface area contributed by atoms with Crippen LogP contribution in [0.4, 0.5) is 5.69 Å². The summed E-state index contributed by atoms with van der Waals surface area (Å²) in [5, 5.41) is 3.37. The highest BCUT2D eigenvalue weighted by Gasteiger charge is 2.26. The maximum absolute atomic E-state index is 12.6. The summed E-state index contributed by atoms with van der Waals surface area (Å²) < 4.78 is 40.9. The summed E-state index contributed by atoms with van der Waals surface area (Å²) in [6.45, 7) is 4.58. The quantitative estimate of drug-likeness (QED) is 0.552. The summed E-state index contributed by atoms with van der Waals surface area (Å²) in [7, 11) is -3.83. The van der Waals surface area contributed by atoms with Crippen molar-refractivity contribution in [2.45, 2.75) is 25.3 Å². The van der Waals surface area contributed by atoms with Crippen LogP contribution in [0.5, 0.6) is 11.5 Å². The molecule has 0 atom stereocenters. The normalized spacial score (nSPS) is 14.2. The first kappa shape index (κ1) is 21.2. The number of anilines is 1. The van der Waals surface area contributed by atoms with Crippen molar-refractivity contribution >= 4 is 33.1 Å². The number of amidine groups is 1. The van der Waals surface area contributed by atoms with E-state index in [4.69, 9.17) is 21.1 Å². The van der Waals surface area contributed by atoms with Crippen molar-refractivity contribution in [1.82, 2.24) is 0 Å². The first-order valence-electron chi connectivity index (χ1n) is 9.74. The minimum atomic E-state index is -3.83. The highest BCUT2D eigenvalue weighted by molar-refractivity contribution is 7.90. The third-order valence-electron chi connectivity index (χ3n) is 4.85. The lowest BCUT2D eigenvalue weighted by Crippen LogP contribution is -2.22. The summed E-state index contributed by atoms with van der Waals surface area (Å²) in [6.07, 6.45) is 0. The number of benzene rings is 3. The Morgan fingerprint density at radius 3 is 2.55 bits per heavy atom. The van der Waals surface area contributed by atoms with Crippen LogP contribution in [0.25, 0.3) is 0 Å². The van der Waals surface area contributed by atoms with Crippen molar-refractivity contribution in [3.05, 3.63) is 82.4 Å². The van der Waals surface area contributed by atoms with Crippen LogP contribution in [0.1, 0.15) is 23.6 Å². The summed E-state index contributed by atoms with van der Waals surface area (Å²) in [5.74, 6) is 0.988. The van der Waals surface area contributed by atoms with Gasteiger partial charge in [-0.25, -0.2) is 0 Å². The predicted octanol–water partition coefficient (Wildman–Crippen LogP) is 5.19. The van der Waals surface area contributed by atoms with E-state index >= 15 is 0 Å². The second kappa shape index (κ2) is 8.61. The zero-order valence-corrected chi connectivity index (χ0v) is 18.6. The maximum Gasteiger partial charge on any atom is 0.286 e. The lowest BCUT2D eigenvalue weighted by molar-refractivity contribution is 0.269. The molecule has 0 aromatic heterocycles. The number of fused-ring (bicyclic) bond motifs is 1. The van der Waals surface area contributed by atoms with Crippen molar-refractivity contribution < 1.29 is 17.9 Å². The van der Waals surface area contributed by atoms with Gasteiger partial charge in [-0.15, -0.1) is 4.40 Å². The van der Waals surface area contributed by atoms with Crippen molar-refractivity contribution in [3.8, 4) is 11.5 Å². The Morgan fingerprint density at radius 2 is 1.77 bits per heavy atom. The SMILES string of the molecule is CCOc1cc(C2=NS(=O)(=O)c3ccccc3N2)cc(Cl)c1OCc1ccccc1C. The van der Waals surface area contributed by atoms with Gasteiger partial charge in [0.15, 0.2) is 17.3 Å². The van der Waals surface area contributed by atoms with Gasteiger partial charge in [-0.3, -0.25) is 0 Å². The second-order valence-corrected chi connectivity index (χ2v) is 8.95. The molecule has 1 aliphatic rings. The molecule has 0 fully saturated rings. The van der Waals surface area contributed by atoms with Gasteiger partial charge in [-0.2, -0.15) is 8.42 Å². The van der Waals surface area contributed by atoms with Crippen LogP contribution in [0.15, 0.2) is 70.0 Å². The number of nitrogens with one attached hydrogen (secondary N) is 1. The van der Waals surface area contributed by atoms with Gasteiger partial charge in [0.1, 0.15) is 11.5 Å². The minimum absolute atomic E-state index is 0.132. The Kier molecular flexibility index (Phi) is 5.89. The van der Waals surface area contributed by atoms with E-state index in [9.17, 15) is 8.42 Å². The first-order chi connectivity index (χ1) is 14.9. The number of ether oxygens (including phenoxy) is 2. The molecule has 0 unspecified atom stereocenters. The van der Waals surface area contributed by atoms with Crippen LogP contribution < -0.4 is 14.8 Å². The molecule has 1 heterocycles. The summed E-state index contributed by atoms with van der Waals surface area (Å²) in [5.41, 5.74) is 3.08. The Hall–Kier alpha value is -3.03. The van der Waals surface area contributed by atoms with Crippen molar-refractivity contribution in [1.29, 1.82) is 0 Å². The Morgan fingerprint density at radius 1 is 1.03 bits per heavy atom. The van der Waals surface area contributed by atoms with Crippen molar-refractivity contribution in [2.24, 2.45) is 4.40 Å². The fourth-order valence-corrected chi connectivity index (χ4v) is 4.67. The molecule has 6 nitrogen and oxygen atoms in total. The van der Waals surface area contributed by atoms with Crippen LogP contribution >= 0.6 is 11.6 Å². The molecule has 8 heteroatoms. The summed E-state index contributed by atoms with van der Waals surface area (Å²) in [6, 6.07) is 17.8. The number of hydrogen-bond acceptors (Lipinski definition) is 5. The molecule has 0 amide bonds. The number of nitrogens with zero attached hydrogens (tertiary/aromatic N) is 1. The maximum atomic E-state index is 12.6. The first-order valence-corrected chi connectivity index (χ1v) is 11.6. The molecular weight excluding hydrogens is 436 g/mol. The predicted molar refractivity (Wildman–Crippen MR) is 122 cm³/mol. The van der Waals surface area contributed by atoms with E-state index in [0.29, 0.717) is 41.0 Å². The molecule has 0 bridgehead atoms. The molecule has 160 valence electrons. The lowest BCUT2D eigenvalue weighted by Gasteiger charge is -2.20. The van der Waals surface area contributed by atoms with E-state index in [1.54, 1.807) is 30.3 Å². The average Bonchev–Trinajstić information content (AvgIpc) is 2.74. The van der Waals surface area contributed by atoms with Crippen LogP contribution in [0, 0.1) is 6.92 Å². The number of sulfonamides is 1. The largest absolute Gasteiger partial charge is 0.490 e. The zero-order valence-electron chi connectivity index (χ0n) is 17.1. The van der Waals surface area contributed by atoms with Crippen LogP contribution in [0.2, 0.25) is 5.02 Å². The fraction of sp³-hybridized carbons (Fsp3) is 0.174. The fourth-order valence-electron chi connectivity index (χ4n) is 3.27. The standard InChI is InChI=1S/C23H21ClN2O4S/c1-3-29-20-13-17(23-25-19-10-6-7-11-21(19)31(27,28)26-23)12-18(24)22(20)30-14-16-9-5-4-8-15(16)2/h4-13H,3,14H2,1-2H3,(H,25,26). The average molecular weight is 457 g/mol. The molecule has 1 aliphatic heterocycles. The molecule has 1 N–H and O–H groups in total. The second-order valence-electron chi connectivity index (χ2n) is 6.97. The van der Waals surface area contributed by atoms with Gasteiger partial charge in [0.05, 0.1) is 17.3 Å². The molecule has 3 aromatic rings. The Balaban J connectivity index is 1.69. The smallest absolute Gasteiger partial charge is 0.286 e. The van der Waals surface area contributed by atoms with E-state index in [0.717, 1.165) is 11.1 Å². The Labute approximate surface area is 186 Å². The van der Waals surface area contributed by atoms with Gasteiger partial charge in [-0.1, -0.05) is 48.0 Å². The number of halogens is 1. The third-order valence-corrected chi connectivity index (χ3v) is 6.46. The van der Waals surface area contributed by atoms with Gasteiger partial charge in [-0.05, 0) is 49.2 Å². The van der Waals surface area contributed by atoms with Crippen LogP contribution in [-0.4, -0.2) is 20.9 Å². The van der Waals surface area contributed by atoms with Gasteiger partial charge < -0.3 is 14.8 Å². The van der Waals surface area contributed by atoms with Gasteiger partial charge in [0.25, 0.3) is 10.0 Å². The Bertz CT molecular complexity index is 1270. The molecule has 3 aromatic carbocycles. The van der Waals surface area contributed by atoms with Crippen LogP contribution in [-0.2, 0) is 16.6 Å². The summed E-state index contributed by atoms with van der Waals surface area (Å²) in [4.78, 5) is 0.132. The topological polar surface area (TPSA) is 77.0 Å². The van der Waals surface area contributed by atoms with Crippen molar-refractivity contribution in [3.63, 3.8) is 0 Å². The molecular formula is C23H21ClN2O4S. The monoisotopic (exact) mass is 456 g/mol. The van der Waals surface area contributed by atoms with E-state index < -0.39 is 10.0 Å². The number of para-hydroxylation sites is 1. The molecule has 4 rings (SSSR count). The number of aryl methyl sites for hydroxylation is 1. The van der Waals surface area contributed by atoms with Gasteiger partial charge in [0.2, 0.25) is 0 Å². The van der Waals surface area contributed by atoms with E-state index in [1.165, 1.54) is 6.07 Å².